The molecule has 0 radical (unpaired) electrons. The van der Waals surface area contributed by atoms with Crippen molar-refractivity contribution in [1.82, 2.24) is 0 Å². The van der Waals surface area contributed by atoms with E-state index in [0.29, 0.717) is 23.9 Å². The highest BCUT2D eigenvalue weighted by atomic mass is 35.5. The zero-order valence-corrected chi connectivity index (χ0v) is 9.58. The minimum Gasteiger partial charge on any atom is -0.346 e. The standard InChI is InChI=1S/C11H12ClNO3/c1-7(14)13-8-2-3-9(10(12)6-8)11-15-4-5-16-11/h2-3,6,11H,4-5H2,1H3,(H,13,14). The first kappa shape index (κ1) is 11.4. The number of amides is 1. The van der Waals surface area contributed by atoms with Crippen LogP contribution in [0.25, 0.3) is 0 Å². The molecule has 1 aromatic carbocycles. The van der Waals surface area contributed by atoms with Gasteiger partial charge in [-0.15, -0.1) is 0 Å². The lowest BCUT2D eigenvalue weighted by molar-refractivity contribution is -0.114. The number of benzene rings is 1. The number of hydrogen-bond donors (Lipinski definition) is 1. The van der Waals surface area contributed by atoms with E-state index >= 15 is 0 Å². The SMILES string of the molecule is CC(=O)Nc1ccc(C2OCCO2)c(Cl)c1. The normalized spacial score (nSPS) is 16.4. The van der Waals surface area contributed by atoms with E-state index in [1.807, 2.05) is 0 Å². The van der Waals surface area contributed by atoms with Gasteiger partial charge in [0.25, 0.3) is 0 Å². The zero-order chi connectivity index (χ0) is 11.5. The Morgan fingerprint density at radius 1 is 1.44 bits per heavy atom. The fraction of sp³-hybridized carbons (Fsp3) is 0.364. The summed E-state index contributed by atoms with van der Waals surface area (Å²) in [6.07, 6.45) is -0.390. The molecule has 0 aromatic heterocycles. The van der Waals surface area contributed by atoms with E-state index in [9.17, 15) is 4.79 Å². The van der Waals surface area contributed by atoms with E-state index in [4.69, 9.17) is 21.1 Å². The van der Waals surface area contributed by atoms with Crippen molar-refractivity contribution in [3.63, 3.8) is 0 Å². The Labute approximate surface area is 98.5 Å². The third-order valence-corrected chi connectivity index (χ3v) is 2.52. The van der Waals surface area contributed by atoms with Crippen molar-refractivity contribution in [2.75, 3.05) is 18.5 Å². The Balaban J connectivity index is 2.18. The Kier molecular flexibility index (Phi) is 3.43. The van der Waals surface area contributed by atoms with Crippen LogP contribution in [-0.4, -0.2) is 19.1 Å². The second-order valence-corrected chi connectivity index (χ2v) is 3.90. The molecule has 1 fully saturated rings. The van der Waals surface area contributed by atoms with Crippen LogP contribution in [0.1, 0.15) is 18.8 Å². The van der Waals surface area contributed by atoms with Crippen molar-refractivity contribution < 1.29 is 14.3 Å². The molecule has 1 amide bonds. The van der Waals surface area contributed by atoms with Gasteiger partial charge in [-0.2, -0.15) is 0 Å². The zero-order valence-electron chi connectivity index (χ0n) is 8.83. The van der Waals surface area contributed by atoms with Crippen LogP contribution in [0.5, 0.6) is 0 Å². The maximum absolute atomic E-state index is 10.9. The van der Waals surface area contributed by atoms with E-state index < -0.39 is 0 Å². The van der Waals surface area contributed by atoms with Crippen molar-refractivity contribution in [3.8, 4) is 0 Å². The Hall–Kier alpha value is -1.10. The monoisotopic (exact) mass is 241 g/mol. The average Bonchev–Trinajstić information content (AvgIpc) is 2.69. The molecule has 5 heteroatoms. The molecule has 1 saturated heterocycles. The van der Waals surface area contributed by atoms with Gasteiger partial charge in [0.1, 0.15) is 0 Å². The molecular formula is C11H12ClNO3. The highest BCUT2D eigenvalue weighted by Gasteiger charge is 2.20. The average molecular weight is 242 g/mol. The van der Waals surface area contributed by atoms with Crippen LogP contribution in [0, 0.1) is 0 Å². The smallest absolute Gasteiger partial charge is 0.221 e. The largest absolute Gasteiger partial charge is 0.346 e. The summed E-state index contributed by atoms with van der Waals surface area (Å²) in [7, 11) is 0. The molecule has 2 rings (SSSR count). The first-order chi connectivity index (χ1) is 7.66. The van der Waals surface area contributed by atoms with Gasteiger partial charge in [-0.3, -0.25) is 4.79 Å². The second kappa shape index (κ2) is 4.82. The molecule has 1 aliphatic heterocycles. The van der Waals surface area contributed by atoms with Gasteiger partial charge < -0.3 is 14.8 Å². The lowest BCUT2D eigenvalue weighted by Crippen LogP contribution is -2.06. The van der Waals surface area contributed by atoms with Crippen molar-refractivity contribution in [1.29, 1.82) is 0 Å². The summed E-state index contributed by atoms with van der Waals surface area (Å²) in [5.41, 5.74) is 1.45. The molecule has 0 spiro atoms. The molecule has 1 N–H and O–H groups in total. The highest BCUT2D eigenvalue weighted by Crippen LogP contribution is 2.31. The van der Waals surface area contributed by atoms with Gasteiger partial charge in [0.2, 0.25) is 5.91 Å². The van der Waals surface area contributed by atoms with E-state index in [0.717, 1.165) is 5.56 Å². The van der Waals surface area contributed by atoms with Crippen LogP contribution in [0.15, 0.2) is 18.2 Å². The summed E-state index contributed by atoms with van der Waals surface area (Å²) in [6, 6.07) is 5.25. The van der Waals surface area contributed by atoms with E-state index in [2.05, 4.69) is 5.32 Å². The summed E-state index contributed by atoms with van der Waals surface area (Å²) in [5.74, 6) is -0.128. The van der Waals surface area contributed by atoms with Crippen LogP contribution in [0.2, 0.25) is 5.02 Å². The summed E-state index contributed by atoms with van der Waals surface area (Å²) in [6.45, 7) is 2.61. The maximum atomic E-state index is 10.9. The molecule has 1 heterocycles. The molecular weight excluding hydrogens is 230 g/mol. The molecule has 0 saturated carbocycles. The predicted molar refractivity (Wildman–Crippen MR) is 60.4 cm³/mol. The minimum absolute atomic E-state index is 0.128. The first-order valence-corrected chi connectivity index (χ1v) is 5.35. The number of ether oxygens (including phenoxy) is 2. The van der Waals surface area contributed by atoms with Crippen LogP contribution in [0.3, 0.4) is 0 Å². The quantitative estimate of drug-likeness (QED) is 0.865. The number of halogens is 1. The number of carbonyl (C=O) groups excluding carboxylic acids is 1. The lowest BCUT2D eigenvalue weighted by Gasteiger charge is -2.12. The molecule has 1 aromatic rings. The molecule has 0 bridgehead atoms. The van der Waals surface area contributed by atoms with Gasteiger partial charge in [0.05, 0.1) is 18.2 Å². The van der Waals surface area contributed by atoms with Crippen molar-refractivity contribution in [3.05, 3.63) is 28.8 Å². The second-order valence-electron chi connectivity index (χ2n) is 3.49. The highest BCUT2D eigenvalue weighted by molar-refractivity contribution is 6.31. The number of anilines is 1. The van der Waals surface area contributed by atoms with E-state index in [1.54, 1.807) is 18.2 Å². The third-order valence-electron chi connectivity index (χ3n) is 2.20. The fourth-order valence-electron chi connectivity index (χ4n) is 1.54. The molecule has 0 unspecified atom stereocenters. The minimum atomic E-state index is -0.390. The van der Waals surface area contributed by atoms with Crippen LogP contribution in [0.4, 0.5) is 5.69 Å². The van der Waals surface area contributed by atoms with Gasteiger partial charge in [-0.1, -0.05) is 17.7 Å². The molecule has 16 heavy (non-hydrogen) atoms. The van der Waals surface area contributed by atoms with Crippen molar-refractivity contribution in [2.24, 2.45) is 0 Å². The van der Waals surface area contributed by atoms with E-state index in [-0.39, 0.29) is 12.2 Å². The summed E-state index contributed by atoms with van der Waals surface area (Å²) in [5, 5.41) is 3.18. The molecule has 0 aliphatic carbocycles. The maximum Gasteiger partial charge on any atom is 0.221 e. The Morgan fingerprint density at radius 2 is 2.12 bits per heavy atom. The molecule has 0 atom stereocenters. The third kappa shape index (κ3) is 2.52. The van der Waals surface area contributed by atoms with Crippen LogP contribution in [-0.2, 0) is 14.3 Å². The Bertz CT molecular complexity index is 402. The van der Waals surface area contributed by atoms with Gasteiger partial charge in [-0.05, 0) is 12.1 Å². The van der Waals surface area contributed by atoms with Crippen LogP contribution >= 0.6 is 11.6 Å². The molecule has 86 valence electrons. The number of rotatable bonds is 2. The summed E-state index contributed by atoms with van der Waals surface area (Å²) in [4.78, 5) is 10.9. The number of nitrogens with one attached hydrogen (secondary N) is 1. The van der Waals surface area contributed by atoms with Crippen molar-refractivity contribution in [2.45, 2.75) is 13.2 Å². The van der Waals surface area contributed by atoms with Gasteiger partial charge >= 0.3 is 0 Å². The topological polar surface area (TPSA) is 47.6 Å². The summed E-state index contributed by atoms with van der Waals surface area (Å²) < 4.78 is 10.7. The Morgan fingerprint density at radius 3 is 2.69 bits per heavy atom. The van der Waals surface area contributed by atoms with Gasteiger partial charge in [-0.25, -0.2) is 0 Å². The van der Waals surface area contributed by atoms with Crippen molar-refractivity contribution >= 4 is 23.2 Å². The predicted octanol–water partition coefficient (Wildman–Crippen LogP) is 2.34. The lowest BCUT2D eigenvalue weighted by atomic mass is 10.2. The number of carbonyl (C=O) groups is 1. The molecule has 1 aliphatic rings. The first-order valence-electron chi connectivity index (χ1n) is 4.97. The fourth-order valence-corrected chi connectivity index (χ4v) is 1.81. The van der Waals surface area contributed by atoms with Crippen LogP contribution < -0.4 is 5.32 Å². The molecule has 4 nitrogen and oxygen atoms in total. The van der Waals surface area contributed by atoms with E-state index in [1.165, 1.54) is 6.92 Å². The van der Waals surface area contributed by atoms with Gasteiger partial charge in [0, 0.05) is 18.2 Å². The summed E-state index contributed by atoms with van der Waals surface area (Å²) >= 11 is 6.08. The van der Waals surface area contributed by atoms with Gasteiger partial charge in [0.15, 0.2) is 6.29 Å². The number of hydrogen-bond acceptors (Lipinski definition) is 3.